The van der Waals surface area contributed by atoms with Crippen molar-refractivity contribution in [2.45, 2.75) is 45.9 Å². The van der Waals surface area contributed by atoms with Crippen LogP contribution < -0.4 is 4.90 Å². The molecule has 4 rings (SSSR count). The van der Waals surface area contributed by atoms with Gasteiger partial charge < -0.3 is 4.90 Å². The number of benzene rings is 2. The van der Waals surface area contributed by atoms with Crippen molar-refractivity contribution >= 4 is 26.5 Å². The number of anilines is 1. The highest BCUT2D eigenvalue weighted by atomic mass is 32.2. The second-order valence-corrected chi connectivity index (χ2v) is 11.6. The predicted molar refractivity (Wildman–Crippen MR) is 132 cm³/mol. The summed E-state index contributed by atoms with van der Waals surface area (Å²) in [5, 5.41) is 3.10. The molecule has 0 N–H and O–H groups in total. The van der Waals surface area contributed by atoms with Gasteiger partial charge >= 0.3 is 0 Å². The predicted octanol–water partition coefficient (Wildman–Crippen LogP) is 4.79. The van der Waals surface area contributed by atoms with Crippen LogP contribution in [0.3, 0.4) is 0 Å². The molecule has 5 nitrogen and oxygen atoms in total. The first-order chi connectivity index (χ1) is 15.1. The van der Waals surface area contributed by atoms with E-state index in [1.807, 2.05) is 32.9 Å². The van der Waals surface area contributed by atoms with Crippen molar-refractivity contribution in [2.24, 2.45) is 0 Å². The van der Waals surface area contributed by atoms with Gasteiger partial charge in [0.1, 0.15) is 0 Å². The molecule has 0 spiro atoms. The van der Waals surface area contributed by atoms with Crippen LogP contribution in [0, 0.1) is 34.6 Å². The minimum atomic E-state index is -3.50. The largest absolute Gasteiger partial charge is 0.345 e. The number of hydrogen-bond donors (Lipinski definition) is 0. The molecule has 0 aliphatic carbocycles. The zero-order valence-electron chi connectivity index (χ0n) is 19.5. The summed E-state index contributed by atoms with van der Waals surface area (Å²) in [6.45, 7) is 12.3. The molecular formula is C25H31N3O2S2. The van der Waals surface area contributed by atoms with E-state index in [9.17, 15) is 8.42 Å². The summed E-state index contributed by atoms with van der Waals surface area (Å²) >= 11 is 1.64. The average Bonchev–Trinajstić information content (AvgIpc) is 3.14. The molecule has 1 saturated heterocycles. The molecule has 1 fully saturated rings. The van der Waals surface area contributed by atoms with Crippen LogP contribution >= 0.6 is 11.3 Å². The molecule has 1 aromatic heterocycles. The number of piperazine rings is 1. The minimum Gasteiger partial charge on any atom is -0.345 e. The number of nitrogens with zero attached hydrogens (tertiary/aromatic N) is 3. The summed E-state index contributed by atoms with van der Waals surface area (Å²) in [5.41, 5.74) is 7.61. The Bertz CT molecular complexity index is 1200. The number of rotatable bonds is 5. The second-order valence-electron chi connectivity index (χ2n) is 8.91. The molecule has 1 aliphatic heterocycles. The molecule has 2 heterocycles. The van der Waals surface area contributed by atoms with Gasteiger partial charge in [-0.1, -0.05) is 47.0 Å². The van der Waals surface area contributed by atoms with Gasteiger partial charge in [0.25, 0.3) is 0 Å². The SMILES string of the molecule is Cc1cc(C)cc(Cc2csc(N3CCN(S(=O)(=O)c4c(C)cc(C)cc4C)CC3)n2)c1. The number of thiazole rings is 1. The first-order valence-corrected chi connectivity index (χ1v) is 13.3. The van der Waals surface area contributed by atoms with Crippen molar-refractivity contribution < 1.29 is 8.42 Å². The van der Waals surface area contributed by atoms with Gasteiger partial charge in [-0.2, -0.15) is 4.31 Å². The lowest BCUT2D eigenvalue weighted by molar-refractivity contribution is 0.384. The van der Waals surface area contributed by atoms with Gasteiger partial charge in [0.15, 0.2) is 5.13 Å². The van der Waals surface area contributed by atoms with E-state index >= 15 is 0 Å². The summed E-state index contributed by atoms with van der Waals surface area (Å²) < 4.78 is 28.3. The van der Waals surface area contributed by atoms with Crippen molar-refractivity contribution in [2.75, 3.05) is 31.1 Å². The van der Waals surface area contributed by atoms with E-state index in [2.05, 4.69) is 42.3 Å². The van der Waals surface area contributed by atoms with Crippen LogP contribution in [0.15, 0.2) is 40.6 Å². The lowest BCUT2D eigenvalue weighted by Crippen LogP contribution is -2.48. The number of aromatic nitrogens is 1. The summed E-state index contributed by atoms with van der Waals surface area (Å²) in [4.78, 5) is 7.51. The monoisotopic (exact) mass is 469 g/mol. The highest BCUT2D eigenvalue weighted by Crippen LogP contribution is 2.28. The molecular weight excluding hydrogens is 438 g/mol. The Morgan fingerprint density at radius 2 is 1.41 bits per heavy atom. The van der Waals surface area contributed by atoms with Crippen LogP contribution in [0.4, 0.5) is 5.13 Å². The van der Waals surface area contributed by atoms with Crippen LogP contribution in [-0.4, -0.2) is 43.9 Å². The van der Waals surface area contributed by atoms with E-state index in [1.54, 1.807) is 15.6 Å². The maximum atomic E-state index is 13.3. The first kappa shape index (κ1) is 23.0. The fraction of sp³-hybridized carbons (Fsp3) is 0.400. The van der Waals surface area contributed by atoms with Gasteiger partial charge in [-0.25, -0.2) is 13.4 Å². The molecule has 1 aliphatic rings. The fourth-order valence-corrected chi connectivity index (χ4v) is 7.44. The molecule has 7 heteroatoms. The molecule has 0 bridgehead atoms. The summed E-state index contributed by atoms with van der Waals surface area (Å²) in [6, 6.07) is 10.5. The van der Waals surface area contributed by atoms with Gasteiger partial charge in [0, 0.05) is 38.0 Å². The Morgan fingerprint density at radius 3 is 2.00 bits per heavy atom. The molecule has 0 amide bonds. The molecule has 3 aromatic rings. The van der Waals surface area contributed by atoms with Crippen molar-refractivity contribution in [1.82, 2.24) is 9.29 Å². The van der Waals surface area contributed by atoms with Crippen molar-refractivity contribution in [3.05, 3.63) is 74.8 Å². The number of aryl methyl sites for hydroxylation is 5. The van der Waals surface area contributed by atoms with Crippen LogP contribution in [-0.2, 0) is 16.4 Å². The fourth-order valence-electron chi connectivity index (χ4n) is 4.73. The normalized spacial score (nSPS) is 15.3. The van der Waals surface area contributed by atoms with Crippen LogP contribution in [0.2, 0.25) is 0 Å². The van der Waals surface area contributed by atoms with E-state index in [1.165, 1.54) is 16.7 Å². The van der Waals surface area contributed by atoms with E-state index in [0.717, 1.165) is 33.9 Å². The third-order valence-electron chi connectivity index (χ3n) is 5.92. The van der Waals surface area contributed by atoms with Gasteiger partial charge in [0.2, 0.25) is 10.0 Å². The zero-order chi connectivity index (χ0) is 23.0. The van der Waals surface area contributed by atoms with Crippen molar-refractivity contribution in [3.8, 4) is 0 Å². The van der Waals surface area contributed by atoms with E-state index in [0.29, 0.717) is 31.1 Å². The Labute approximate surface area is 195 Å². The topological polar surface area (TPSA) is 53.5 Å². The molecule has 0 atom stereocenters. The van der Waals surface area contributed by atoms with Crippen molar-refractivity contribution in [3.63, 3.8) is 0 Å². The van der Waals surface area contributed by atoms with E-state index in [4.69, 9.17) is 4.98 Å². The smallest absolute Gasteiger partial charge is 0.243 e. The van der Waals surface area contributed by atoms with Crippen LogP contribution in [0.25, 0.3) is 0 Å². The zero-order valence-corrected chi connectivity index (χ0v) is 21.1. The molecule has 32 heavy (non-hydrogen) atoms. The molecule has 0 saturated carbocycles. The highest BCUT2D eigenvalue weighted by Gasteiger charge is 2.31. The third-order valence-corrected chi connectivity index (χ3v) is 9.07. The molecule has 170 valence electrons. The van der Waals surface area contributed by atoms with E-state index in [-0.39, 0.29) is 0 Å². The Morgan fingerprint density at radius 1 is 0.844 bits per heavy atom. The maximum absolute atomic E-state index is 13.3. The quantitative estimate of drug-likeness (QED) is 0.539. The van der Waals surface area contributed by atoms with Gasteiger partial charge in [-0.05, 0) is 51.3 Å². The van der Waals surface area contributed by atoms with Crippen LogP contribution in [0.5, 0.6) is 0 Å². The van der Waals surface area contributed by atoms with E-state index < -0.39 is 10.0 Å². The number of sulfonamides is 1. The van der Waals surface area contributed by atoms with Gasteiger partial charge in [0.05, 0.1) is 10.6 Å². The standard InChI is InChI=1S/C25H31N3O2S2/c1-17-10-18(2)14-22(13-17)15-23-16-31-25(26-23)27-6-8-28(9-7-27)32(29,30)24-20(4)11-19(3)12-21(24)5/h10-14,16H,6-9,15H2,1-5H3. The van der Waals surface area contributed by atoms with Gasteiger partial charge in [-0.3, -0.25) is 0 Å². The summed E-state index contributed by atoms with van der Waals surface area (Å²) in [7, 11) is -3.50. The molecule has 0 radical (unpaired) electrons. The van der Waals surface area contributed by atoms with Crippen molar-refractivity contribution in [1.29, 1.82) is 0 Å². The first-order valence-electron chi connectivity index (χ1n) is 11.0. The highest BCUT2D eigenvalue weighted by molar-refractivity contribution is 7.89. The Balaban J connectivity index is 1.44. The number of hydrogen-bond acceptors (Lipinski definition) is 5. The lowest BCUT2D eigenvalue weighted by Gasteiger charge is -2.34. The van der Waals surface area contributed by atoms with Crippen LogP contribution in [0.1, 0.15) is 39.1 Å². The molecule has 2 aromatic carbocycles. The molecule has 0 unspecified atom stereocenters. The third kappa shape index (κ3) is 4.75. The van der Waals surface area contributed by atoms with Gasteiger partial charge in [-0.15, -0.1) is 11.3 Å². The Hall–Kier alpha value is -2.22. The Kier molecular flexibility index (Phi) is 6.43. The lowest BCUT2D eigenvalue weighted by atomic mass is 10.0. The summed E-state index contributed by atoms with van der Waals surface area (Å²) in [5.74, 6) is 0. The average molecular weight is 470 g/mol. The summed E-state index contributed by atoms with van der Waals surface area (Å²) in [6.07, 6.45) is 0.819. The maximum Gasteiger partial charge on any atom is 0.243 e. The minimum absolute atomic E-state index is 0.460. The second kappa shape index (κ2) is 8.96.